The van der Waals surface area contributed by atoms with Crippen molar-refractivity contribution < 1.29 is 19.6 Å². The number of primary amides is 1. The molecule has 0 fully saturated rings. The van der Waals surface area contributed by atoms with E-state index in [-0.39, 0.29) is 13.2 Å². The fourth-order valence-electron chi connectivity index (χ4n) is 2.88. The molecule has 0 aliphatic rings. The fraction of sp³-hybridized carbons (Fsp3) is 0.143. The van der Waals surface area contributed by atoms with Crippen molar-refractivity contribution >= 4 is 11.6 Å². The summed E-state index contributed by atoms with van der Waals surface area (Å²) in [5.41, 5.74) is 5.35. The highest BCUT2D eigenvalue weighted by atomic mass is 16.6. The van der Waals surface area contributed by atoms with Crippen molar-refractivity contribution in [1.82, 2.24) is 4.57 Å². The van der Waals surface area contributed by atoms with Crippen molar-refractivity contribution in [2.45, 2.75) is 12.6 Å². The van der Waals surface area contributed by atoms with Crippen LogP contribution in [0.1, 0.15) is 10.4 Å². The summed E-state index contributed by atoms with van der Waals surface area (Å²) in [6.07, 6.45) is -0.202. The lowest BCUT2D eigenvalue weighted by molar-refractivity contribution is -0.385. The first kappa shape index (κ1) is 20.7. The molecule has 3 rings (SSSR count). The van der Waals surface area contributed by atoms with Gasteiger partial charge in [0.1, 0.15) is 24.0 Å². The first-order chi connectivity index (χ1) is 14.3. The number of rotatable bonds is 8. The SMILES string of the molecule is NC(=O)c1cc([N+](=O)[O-])cn(C[C@@H](O)COc2ccc(-c3ccccc3)cc2)c1=O. The minimum Gasteiger partial charge on any atom is -0.491 e. The molecule has 0 aliphatic heterocycles. The van der Waals surface area contributed by atoms with Crippen molar-refractivity contribution in [2.24, 2.45) is 5.73 Å². The molecule has 1 atom stereocenters. The van der Waals surface area contributed by atoms with Gasteiger partial charge in [0.15, 0.2) is 0 Å². The zero-order valence-corrected chi connectivity index (χ0v) is 15.8. The molecule has 9 heteroatoms. The summed E-state index contributed by atoms with van der Waals surface area (Å²) in [4.78, 5) is 33.9. The number of aromatic nitrogens is 1. The fourth-order valence-corrected chi connectivity index (χ4v) is 2.88. The third-order valence-electron chi connectivity index (χ3n) is 4.36. The summed E-state index contributed by atoms with van der Waals surface area (Å²) < 4.78 is 6.41. The second-order valence-electron chi connectivity index (χ2n) is 6.55. The molecule has 1 heterocycles. The normalized spacial score (nSPS) is 11.6. The van der Waals surface area contributed by atoms with Gasteiger partial charge in [0.05, 0.1) is 17.7 Å². The van der Waals surface area contributed by atoms with E-state index in [1.807, 2.05) is 42.5 Å². The number of benzene rings is 2. The lowest BCUT2D eigenvalue weighted by Crippen LogP contribution is -2.34. The Bertz CT molecular complexity index is 1110. The van der Waals surface area contributed by atoms with Crippen molar-refractivity contribution in [3.05, 3.63) is 92.9 Å². The van der Waals surface area contributed by atoms with Gasteiger partial charge in [-0.2, -0.15) is 0 Å². The molecule has 0 bridgehead atoms. The zero-order chi connectivity index (χ0) is 21.7. The first-order valence-electron chi connectivity index (χ1n) is 9.00. The Labute approximate surface area is 171 Å². The van der Waals surface area contributed by atoms with Crippen molar-refractivity contribution in [3.8, 4) is 16.9 Å². The van der Waals surface area contributed by atoms with E-state index in [0.717, 1.165) is 28.0 Å². The van der Waals surface area contributed by atoms with E-state index in [2.05, 4.69) is 0 Å². The van der Waals surface area contributed by atoms with Gasteiger partial charge in [0.2, 0.25) is 0 Å². The Kier molecular flexibility index (Phi) is 6.23. The molecule has 30 heavy (non-hydrogen) atoms. The van der Waals surface area contributed by atoms with Gasteiger partial charge < -0.3 is 20.1 Å². The molecule has 2 aromatic carbocycles. The number of hydrogen-bond acceptors (Lipinski definition) is 6. The monoisotopic (exact) mass is 409 g/mol. The predicted molar refractivity (Wildman–Crippen MR) is 109 cm³/mol. The van der Waals surface area contributed by atoms with Crippen LogP contribution < -0.4 is 16.0 Å². The van der Waals surface area contributed by atoms with E-state index >= 15 is 0 Å². The quantitative estimate of drug-likeness (QED) is 0.431. The number of aliphatic hydroxyl groups is 1. The van der Waals surface area contributed by atoms with E-state index in [1.54, 1.807) is 12.1 Å². The topological polar surface area (TPSA) is 138 Å². The minimum absolute atomic E-state index is 0.161. The number of nitrogens with zero attached hydrogens (tertiary/aromatic N) is 2. The summed E-state index contributed by atoms with van der Waals surface area (Å²) in [5, 5.41) is 21.2. The van der Waals surface area contributed by atoms with Gasteiger partial charge >= 0.3 is 0 Å². The maximum atomic E-state index is 12.3. The Morgan fingerprint density at radius 2 is 1.77 bits per heavy atom. The van der Waals surface area contributed by atoms with Gasteiger partial charge in [0, 0.05) is 6.07 Å². The third kappa shape index (κ3) is 4.89. The molecular formula is C21H19N3O6. The first-order valence-corrected chi connectivity index (χ1v) is 9.00. The van der Waals surface area contributed by atoms with Crippen LogP contribution >= 0.6 is 0 Å². The van der Waals surface area contributed by atoms with Crippen LogP contribution in [0.4, 0.5) is 5.69 Å². The van der Waals surface area contributed by atoms with Crippen molar-refractivity contribution in [3.63, 3.8) is 0 Å². The number of carbonyl (C=O) groups is 1. The minimum atomic E-state index is -1.15. The van der Waals surface area contributed by atoms with Crippen LogP contribution in [-0.2, 0) is 6.54 Å². The molecule has 0 saturated carbocycles. The van der Waals surface area contributed by atoms with Gasteiger partial charge in [-0.15, -0.1) is 0 Å². The van der Waals surface area contributed by atoms with E-state index < -0.39 is 33.7 Å². The molecule has 1 aromatic heterocycles. The molecule has 0 aliphatic carbocycles. The largest absolute Gasteiger partial charge is 0.491 e. The molecule has 0 unspecified atom stereocenters. The third-order valence-corrected chi connectivity index (χ3v) is 4.36. The Morgan fingerprint density at radius 1 is 1.13 bits per heavy atom. The number of ether oxygens (including phenoxy) is 1. The van der Waals surface area contributed by atoms with Crippen molar-refractivity contribution in [1.29, 1.82) is 0 Å². The molecule has 0 spiro atoms. The summed E-state index contributed by atoms with van der Waals surface area (Å²) >= 11 is 0. The second kappa shape index (κ2) is 9.01. The van der Waals surface area contributed by atoms with Crippen LogP contribution in [0.3, 0.4) is 0 Å². The number of amides is 1. The Balaban J connectivity index is 1.67. The number of nitrogens with two attached hydrogens (primary N) is 1. The molecule has 3 N–H and O–H groups in total. The lowest BCUT2D eigenvalue weighted by atomic mass is 10.1. The molecule has 9 nitrogen and oxygen atoms in total. The van der Waals surface area contributed by atoms with E-state index in [9.17, 15) is 24.8 Å². The summed E-state index contributed by atoms with van der Waals surface area (Å²) in [7, 11) is 0. The number of carbonyl (C=O) groups excluding carboxylic acids is 1. The highest BCUT2D eigenvalue weighted by Gasteiger charge is 2.19. The summed E-state index contributed by atoms with van der Waals surface area (Å²) in [5.74, 6) is -0.570. The van der Waals surface area contributed by atoms with Gasteiger partial charge in [0.25, 0.3) is 17.2 Å². The second-order valence-corrected chi connectivity index (χ2v) is 6.55. The standard InChI is InChI=1S/C21H19N3O6/c22-20(26)19-10-16(24(28)29)11-23(21(19)27)12-17(25)13-30-18-8-6-15(7-9-18)14-4-2-1-3-5-14/h1-11,17,25H,12-13H2,(H2,22,26)/t17-/m1/s1. The molecule has 0 saturated heterocycles. The average Bonchev–Trinajstić information content (AvgIpc) is 2.74. The zero-order valence-electron chi connectivity index (χ0n) is 15.8. The molecule has 0 radical (unpaired) electrons. The van der Waals surface area contributed by atoms with Crippen LogP contribution in [0.25, 0.3) is 11.1 Å². The molecular weight excluding hydrogens is 390 g/mol. The number of nitro groups is 1. The van der Waals surface area contributed by atoms with E-state index in [1.165, 1.54) is 0 Å². The number of hydrogen-bond donors (Lipinski definition) is 2. The van der Waals surface area contributed by atoms with Gasteiger partial charge in [-0.3, -0.25) is 19.7 Å². The molecule has 3 aromatic rings. The molecule has 154 valence electrons. The smallest absolute Gasteiger partial charge is 0.286 e. The summed E-state index contributed by atoms with van der Waals surface area (Å²) in [6.45, 7) is -0.464. The highest BCUT2D eigenvalue weighted by molar-refractivity contribution is 5.92. The predicted octanol–water partition coefficient (Wildman–Crippen LogP) is 1.96. The maximum absolute atomic E-state index is 12.3. The maximum Gasteiger partial charge on any atom is 0.286 e. The highest BCUT2D eigenvalue weighted by Crippen LogP contribution is 2.22. The van der Waals surface area contributed by atoms with Crippen molar-refractivity contribution in [2.75, 3.05) is 6.61 Å². The number of aliphatic hydroxyl groups excluding tert-OH is 1. The molecule has 1 amide bonds. The van der Waals surface area contributed by atoms with Gasteiger partial charge in [-0.25, -0.2) is 0 Å². The van der Waals surface area contributed by atoms with Gasteiger partial charge in [-0.1, -0.05) is 42.5 Å². The van der Waals surface area contributed by atoms with Gasteiger partial charge in [-0.05, 0) is 23.3 Å². The van der Waals surface area contributed by atoms with E-state index in [0.29, 0.717) is 5.75 Å². The Morgan fingerprint density at radius 3 is 2.37 bits per heavy atom. The lowest BCUT2D eigenvalue weighted by Gasteiger charge is -2.14. The number of pyridine rings is 1. The van der Waals surface area contributed by atoms with E-state index in [4.69, 9.17) is 10.5 Å². The summed E-state index contributed by atoms with van der Waals surface area (Å²) in [6, 6.07) is 17.8. The Hall–Kier alpha value is -3.98. The van der Waals surface area contributed by atoms with Crippen LogP contribution in [-0.4, -0.2) is 33.2 Å². The van der Waals surface area contributed by atoms with Crippen LogP contribution in [0, 0.1) is 10.1 Å². The van der Waals surface area contributed by atoms with Crippen LogP contribution in [0.15, 0.2) is 71.7 Å². The van der Waals surface area contributed by atoms with Crippen LogP contribution in [0.5, 0.6) is 5.75 Å². The average molecular weight is 409 g/mol. The van der Waals surface area contributed by atoms with Crippen LogP contribution in [0.2, 0.25) is 0 Å².